The Morgan fingerprint density at radius 3 is 2.84 bits per heavy atom. The fourth-order valence-corrected chi connectivity index (χ4v) is 3.25. The molecular weight excluding hydrogens is 345 g/mol. The molecule has 0 aliphatic carbocycles. The van der Waals surface area contributed by atoms with Gasteiger partial charge in [-0.1, -0.05) is 0 Å². The van der Waals surface area contributed by atoms with Crippen LogP contribution in [0.15, 0.2) is 37.9 Å². The fraction of sp³-hybridized carbons (Fsp3) is 0.0909. The minimum Gasteiger partial charge on any atom is -0.543 e. The van der Waals surface area contributed by atoms with E-state index in [-0.39, 0.29) is 46.5 Å². The van der Waals surface area contributed by atoms with Gasteiger partial charge in [0.2, 0.25) is 0 Å². The summed E-state index contributed by atoms with van der Waals surface area (Å²) in [4.78, 5) is 23.8. The Morgan fingerprint density at radius 1 is 1.53 bits per heavy atom. The molecule has 3 rings (SSSR count). The molecule has 0 radical (unpaired) electrons. The van der Waals surface area contributed by atoms with Crippen molar-refractivity contribution in [3.8, 4) is 0 Å². The first-order chi connectivity index (χ1) is 8.58. The van der Waals surface area contributed by atoms with Gasteiger partial charge < -0.3 is 14.3 Å². The molecule has 0 bridgehead atoms. The molecular formula is C11H5BrNNaO4S. The molecule has 92 valence electrons. The van der Waals surface area contributed by atoms with Crippen molar-refractivity contribution in [2.24, 2.45) is 0 Å². The van der Waals surface area contributed by atoms with Gasteiger partial charge >= 0.3 is 29.6 Å². The van der Waals surface area contributed by atoms with Gasteiger partial charge in [0.05, 0.1) is 17.2 Å². The maximum absolute atomic E-state index is 11.8. The first-order valence-corrected chi connectivity index (χ1v) is 6.69. The van der Waals surface area contributed by atoms with E-state index in [1.807, 2.05) is 0 Å². The number of fused-ring (bicyclic) bond motifs is 1. The van der Waals surface area contributed by atoms with Gasteiger partial charge in [0.25, 0.3) is 5.91 Å². The average Bonchev–Trinajstić information content (AvgIpc) is 2.89. The number of nitrogens with zero attached hydrogens (tertiary/aromatic N) is 1. The van der Waals surface area contributed by atoms with E-state index in [4.69, 9.17) is 4.42 Å². The summed E-state index contributed by atoms with van der Waals surface area (Å²) in [6.45, 7) is 0. The Hall–Kier alpha value is -0.470. The van der Waals surface area contributed by atoms with Crippen LogP contribution in [0.5, 0.6) is 0 Å². The molecule has 8 heteroatoms. The third kappa shape index (κ3) is 2.45. The van der Waals surface area contributed by atoms with Crippen LogP contribution in [0.25, 0.3) is 6.08 Å². The van der Waals surface area contributed by atoms with Crippen LogP contribution >= 0.6 is 27.7 Å². The Bertz CT molecular complexity index is 624. The van der Waals surface area contributed by atoms with E-state index in [1.54, 1.807) is 18.2 Å². The third-order valence-corrected chi connectivity index (χ3v) is 4.14. The Balaban J connectivity index is 0.00000133. The van der Waals surface area contributed by atoms with Crippen molar-refractivity contribution in [3.63, 3.8) is 0 Å². The molecule has 0 unspecified atom stereocenters. The number of rotatable bonds is 2. The number of carboxylic acids is 1. The molecule has 3 heterocycles. The van der Waals surface area contributed by atoms with Gasteiger partial charge in [-0.2, -0.15) is 0 Å². The van der Waals surface area contributed by atoms with Crippen molar-refractivity contribution in [1.29, 1.82) is 0 Å². The van der Waals surface area contributed by atoms with E-state index in [9.17, 15) is 14.7 Å². The second-order valence-corrected chi connectivity index (χ2v) is 5.43. The third-order valence-electron chi connectivity index (χ3n) is 2.64. The van der Waals surface area contributed by atoms with Crippen LogP contribution in [-0.4, -0.2) is 22.2 Å². The zero-order chi connectivity index (χ0) is 12.9. The summed E-state index contributed by atoms with van der Waals surface area (Å²) in [5.74, 6) is -1.11. The molecule has 1 amide bonds. The van der Waals surface area contributed by atoms with E-state index >= 15 is 0 Å². The number of carbonyl (C=O) groups is 2. The quantitative estimate of drug-likeness (QED) is 0.348. The van der Waals surface area contributed by atoms with Crippen LogP contribution in [0.2, 0.25) is 0 Å². The molecule has 0 spiro atoms. The van der Waals surface area contributed by atoms with Crippen molar-refractivity contribution in [3.05, 3.63) is 39.2 Å². The first-order valence-electron chi connectivity index (χ1n) is 4.95. The van der Waals surface area contributed by atoms with Crippen molar-refractivity contribution >= 4 is 45.6 Å². The maximum Gasteiger partial charge on any atom is 1.00 e. The van der Waals surface area contributed by atoms with Crippen LogP contribution in [-0.2, 0) is 9.59 Å². The number of amides is 1. The summed E-state index contributed by atoms with van der Waals surface area (Å²) in [7, 11) is 0. The van der Waals surface area contributed by atoms with Gasteiger partial charge in [0.1, 0.15) is 11.1 Å². The van der Waals surface area contributed by atoms with E-state index in [2.05, 4.69) is 15.9 Å². The number of β-lactam (4-membered cyclic amide) rings is 1. The first kappa shape index (κ1) is 14.9. The summed E-state index contributed by atoms with van der Waals surface area (Å²) in [6, 6.07) is 3.44. The molecule has 1 aromatic heterocycles. The molecule has 1 atom stereocenters. The zero-order valence-corrected chi connectivity index (χ0v) is 14.2. The summed E-state index contributed by atoms with van der Waals surface area (Å²) in [5.41, 5.74) is 0.446. The van der Waals surface area contributed by atoms with Gasteiger partial charge in [0.15, 0.2) is 4.67 Å². The van der Waals surface area contributed by atoms with Gasteiger partial charge in [-0.15, -0.1) is 11.8 Å². The number of hydrogen-bond donors (Lipinski definition) is 0. The topological polar surface area (TPSA) is 73.6 Å². The number of carboxylic acid groups (broad SMARTS) is 1. The largest absolute Gasteiger partial charge is 1.00 e. The minimum atomic E-state index is -1.34. The van der Waals surface area contributed by atoms with Crippen LogP contribution in [0.4, 0.5) is 0 Å². The van der Waals surface area contributed by atoms with Crippen LogP contribution in [0.3, 0.4) is 0 Å². The van der Waals surface area contributed by atoms with Crippen molar-refractivity contribution < 1.29 is 48.7 Å². The molecule has 5 nitrogen and oxygen atoms in total. The monoisotopic (exact) mass is 349 g/mol. The molecule has 19 heavy (non-hydrogen) atoms. The molecule has 1 saturated heterocycles. The SMILES string of the molecule is O=C([O-])C1=CS[C@@H]2/C(=C\c3ccc(Br)o3)C(=O)N12.[Na+]. The number of halogens is 1. The Labute approximate surface area is 143 Å². The molecule has 2 aliphatic rings. The van der Waals surface area contributed by atoms with E-state index in [0.717, 1.165) is 0 Å². The molecule has 1 fully saturated rings. The predicted octanol–water partition coefficient (Wildman–Crippen LogP) is -2.06. The standard InChI is InChI=1S/C11H6BrNO4S.Na/c12-8-2-1-5(17-8)3-6-9(14)13-7(11(15)16)4-18-10(6)13;/h1-4,10H,(H,15,16);/q;+1/p-1/b6-3-;/t10-;/m1./s1. The van der Waals surface area contributed by atoms with Crippen molar-refractivity contribution in [1.82, 2.24) is 4.90 Å². The zero-order valence-electron chi connectivity index (χ0n) is 9.75. The van der Waals surface area contributed by atoms with Crippen molar-refractivity contribution in [2.45, 2.75) is 5.37 Å². The van der Waals surface area contributed by atoms with Gasteiger partial charge in [-0.05, 0) is 39.5 Å². The molecule has 0 N–H and O–H groups in total. The Kier molecular flexibility index (Phi) is 4.32. The van der Waals surface area contributed by atoms with Gasteiger partial charge in [0, 0.05) is 0 Å². The molecule has 0 saturated carbocycles. The number of thioether (sulfide) groups is 1. The van der Waals surface area contributed by atoms with Gasteiger partial charge in [-0.3, -0.25) is 9.69 Å². The number of carbonyl (C=O) groups excluding carboxylic acids is 2. The predicted molar refractivity (Wildman–Crippen MR) is 65.7 cm³/mol. The van der Waals surface area contributed by atoms with Crippen molar-refractivity contribution in [2.75, 3.05) is 0 Å². The number of furan rings is 1. The number of aliphatic carboxylic acids is 1. The summed E-state index contributed by atoms with van der Waals surface area (Å²) in [6.07, 6.45) is 1.62. The average molecular weight is 350 g/mol. The van der Waals surface area contributed by atoms with Crippen LogP contribution in [0, 0.1) is 0 Å². The summed E-state index contributed by atoms with van der Waals surface area (Å²) < 4.78 is 5.85. The van der Waals surface area contributed by atoms with Gasteiger partial charge in [-0.25, -0.2) is 0 Å². The van der Waals surface area contributed by atoms with E-state index in [0.29, 0.717) is 16.0 Å². The van der Waals surface area contributed by atoms with E-state index < -0.39 is 5.97 Å². The van der Waals surface area contributed by atoms with E-state index in [1.165, 1.54) is 22.1 Å². The molecule has 0 aromatic carbocycles. The minimum absolute atomic E-state index is 0. The fourth-order valence-electron chi connectivity index (χ4n) is 1.82. The van der Waals surface area contributed by atoms with Crippen LogP contribution in [0.1, 0.15) is 5.76 Å². The number of hydrogen-bond acceptors (Lipinski definition) is 5. The summed E-state index contributed by atoms with van der Waals surface area (Å²) in [5, 5.41) is 11.9. The maximum atomic E-state index is 11.8. The second kappa shape index (κ2) is 5.49. The molecule has 2 aliphatic heterocycles. The normalized spacial score (nSPS) is 22.7. The summed E-state index contributed by atoms with van der Waals surface area (Å²) >= 11 is 4.44. The smallest absolute Gasteiger partial charge is 0.543 e. The molecule has 1 aromatic rings. The second-order valence-electron chi connectivity index (χ2n) is 3.70. The Morgan fingerprint density at radius 2 is 2.26 bits per heavy atom. The van der Waals surface area contributed by atoms with Crippen LogP contribution < -0.4 is 34.7 Å².